The van der Waals surface area contributed by atoms with Gasteiger partial charge in [0.05, 0.1) is 6.10 Å². The number of ether oxygens (including phenoxy) is 1. The number of hydrogen-bond donors (Lipinski definition) is 1. The van der Waals surface area contributed by atoms with Gasteiger partial charge in [-0.3, -0.25) is 0 Å². The molecular weight excluding hydrogens is 327 g/mol. The molecule has 0 radical (unpaired) electrons. The van der Waals surface area contributed by atoms with Crippen molar-refractivity contribution < 1.29 is 9.84 Å². The summed E-state index contributed by atoms with van der Waals surface area (Å²) in [4.78, 5) is 0. The predicted octanol–water partition coefficient (Wildman–Crippen LogP) is 3.55. The smallest absolute Gasteiger partial charge is 0.0881 e. The van der Waals surface area contributed by atoms with Gasteiger partial charge < -0.3 is 9.84 Å². The molecule has 3 heteroatoms. The molecule has 1 aromatic rings. The molecule has 0 aliphatic rings. The number of benzene rings is 1. The van der Waals surface area contributed by atoms with E-state index in [4.69, 9.17) is 9.84 Å². The molecule has 2 atom stereocenters. The molecule has 0 bridgehead atoms. The van der Waals surface area contributed by atoms with Gasteiger partial charge in [0.25, 0.3) is 0 Å². The van der Waals surface area contributed by atoms with Gasteiger partial charge in [-0.25, -0.2) is 0 Å². The number of methoxy groups -OCH3 is 1. The molecular formula is C14H19IO2. The lowest BCUT2D eigenvalue weighted by atomic mass is 9.96. The average molecular weight is 346 g/mol. The third-order valence-electron chi connectivity index (χ3n) is 2.67. The summed E-state index contributed by atoms with van der Waals surface area (Å²) in [5.41, 5.74) is 1.19. The van der Waals surface area contributed by atoms with Crippen LogP contribution in [0.25, 0.3) is 0 Å². The number of aliphatic hydroxyl groups is 1. The number of aliphatic hydroxyl groups excluding tert-OH is 1. The van der Waals surface area contributed by atoms with Crippen LogP contribution >= 0.6 is 22.6 Å². The van der Waals surface area contributed by atoms with Gasteiger partial charge in [-0.2, -0.15) is 0 Å². The molecule has 94 valence electrons. The highest BCUT2D eigenvalue weighted by Crippen LogP contribution is 2.26. The minimum Gasteiger partial charge on any atom is -0.396 e. The fraction of sp³-hybridized carbons (Fsp3) is 0.429. The molecule has 0 saturated carbocycles. The van der Waals surface area contributed by atoms with Crippen LogP contribution in [0.4, 0.5) is 0 Å². The standard InChI is InChI=1S/C14H19IO2/c1-11(5-3-4-10-16)14(17-2)12-6-8-13(15)9-7-12/h3,5-9,11,14,16H,4,10H2,1-2H3/b5-3+/t11-,14+/m0/s1. The predicted molar refractivity (Wildman–Crippen MR) is 78.9 cm³/mol. The van der Waals surface area contributed by atoms with Gasteiger partial charge >= 0.3 is 0 Å². The zero-order valence-corrected chi connectivity index (χ0v) is 12.4. The number of halogens is 1. The normalized spacial score (nSPS) is 15.1. The van der Waals surface area contributed by atoms with Crippen molar-refractivity contribution in [2.24, 2.45) is 5.92 Å². The summed E-state index contributed by atoms with van der Waals surface area (Å²) < 4.78 is 6.78. The Bertz CT molecular complexity index is 346. The molecule has 0 unspecified atom stereocenters. The Morgan fingerprint density at radius 3 is 2.53 bits per heavy atom. The van der Waals surface area contributed by atoms with Gasteiger partial charge in [0.15, 0.2) is 0 Å². The molecule has 0 aliphatic carbocycles. The van der Waals surface area contributed by atoms with Gasteiger partial charge in [0, 0.05) is 23.2 Å². The van der Waals surface area contributed by atoms with Gasteiger partial charge in [-0.1, -0.05) is 31.2 Å². The van der Waals surface area contributed by atoms with Crippen LogP contribution in [-0.2, 0) is 4.74 Å². The fourth-order valence-electron chi connectivity index (χ4n) is 1.79. The van der Waals surface area contributed by atoms with Crippen LogP contribution in [0.3, 0.4) is 0 Å². The van der Waals surface area contributed by atoms with Crippen LogP contribution in [0, 0.1) is 9.49 Å². The maximum Gasteiger partial charge on any atom is 0.0881 e. The van der Waals surface area contributed by atoms with E-state index in [2.05, 4.69) is 59.9 Å². The van der Waals surface area contributed by atoms with E-state index in [1.807, 2.05) is 6.08 Å². The summed E-state index contributed by atoms with van der Waals surface area (Å²) in [5, 5.41) is 8.74. The molecule has 17 heavy (non-hydrogen) atoms. The van der Waals surface area contributed by atoms with Crippen molar-refractivity contribution in [2.75, 3.05) is 13.7 Å². The lowest BCUT2D eigenvalue weighted by Gasteiger charge is -2.20. The Labute approximate surface area is 117 Å². The highest BCUT2D eigenvalue weighted by molar-refractivity contribution is 14.1. The molecule has 0 amide bonds. The molecule has 1 N–H and O–H groups in total. The highest BCUT2D eigenvalue weighted by Gasteiger charge is 2.16. The van der Waals surface area contributed by atoms with E-state index >= 15 is 0 Å². The van der Waals surface area contributed by atoms with E-state index in [1.165, 1.54) is 9.13 Å². The highest BCUT2D eigenvalue weighted by atomic mass is 127. The molecule has 1 rings (SSSR count). The summed E-state index contributed by atoms with van der Waals surface area (Å²) in [6.07, 6.45) is 4.88. The second-order valence-electron chi connectivity index (χ2n) is 4.01. The second-order valence-corrected chi connectivity index (χ2v) is 5.25. The van der Waals surface area contributed by atoms with Crippen molar-refractivity contribution in [1.82, 2.24) is 0 Å². The second kappa shape index (κ2) is 7.84. The van der Waals surface area contributed by atoms with Crippen molar-refractivity contribution in [3.63, 3.8) is 0 Å². The Kier molecular flexibility index (Phi) is 6.77. The molecule has 1 aromatic carbocycles. The molecule has 0 saturated heterocycles. The van der Waals surface area contributed by atoms with Crippen molar-refractivity contribution in [3.05, 3.63) is 45.6 Å². The van der Waals surface area contributed by atoms with Crippen LogP contribution in [0.1, 0.15) is 25.0 Å². The summed E-state index contributed by atoms with van der Waals surface area (Å²) in [5.74, 6) is 0.298. The fourth-order valence-corrected chi connectivity index (χ4v) is 2.15. The zero-order chi connectivity index (χ0) is 12.7. The first-order valence-electron chi connectivity index (χ1n) is 5.74. The van der Waals surface area contributed by atoms with Crippen molar-refractivity contribution in [3.8, 4) is 0 Å². The molecule has 0 heterocycles. The van der Waals surface area contributed by atoms with E-state index in [0.29, 0.717) is 12.3 Å². The zero-order valence-electron chi connectivity index (χ0n) is 10.3. The van der Waals surface area contributed by atoms with Crippen molar-refractivity contribution in [1.29, 1.82) is 0 Å². The Morgan fingerprint density at radius 2 is 2.00 bits per heavy atom. The van der Waals surface area contributed by atoms with E-state index in [9.17, 15) is 0 Å². The quantitative estimate of drug-likeness (QED) is 0.631. The topological polar surface area (TPSA) is 29.5 Å². The van der Waals surface area contributed by atoms with Crippen molar-refractivity contribution >= 4 is 22.6 Å². The van der Waals surface area contributed by atoms with Gasteiger partial charge in [-0.15, -0.1) is 0 Å². The van der Waals surface area contributed by atoms with Crippen LogP contribution in [0.15, 0.2) is 36.4 Å². The van der Waals surface area contributed by atoms with E-state index in [-0.39, 0.29) is 12.7 Å². The Hall–Kier alpha value is -0.390. The minimum atomic E-state index is 0.0712. The third-order valence-corrected chi connectivity index (χ3v) is 3.38. The van der Waals surface area contributed by atoms with Gasteiger partial charge in [-0.05, 0) is 46.7 Å². The summed E-state index contributed by atoms with van der Waals surface area (Å²) in [6.45, 7) is 2.32. The van der Waals surface area contributed by atoms with E-state index in [0.717, 1.165) is 0 Å². The third kappa shape index (κ3) is 4.77. The summed E-state index contributed by atoms with van der Waals surface area (Å²) in [6, 6.07) is 8.39. The van der Waals surface area contributed by atoms with E-state index < -0.39 is 0 Å². The first kappa shape index (κ1) is 14.7. The average Bonchev–Trinajstić information content (AvgIpc) is 2.33. The maximum absolute atomic E-state index is 8.74. The lowest BCUT2D eigenvalue weighted by molar-refractivity contribution is 0.0740. The summed E-state index contributed by atoms with van der Waals surface area (Å²) >= 11 is 2.29. The molecule has 2 nitrogen and oxygen atoms in total. The minimum absolute atomic E-state index is 0.0712. The van der Waals surface area contributed by atoms with Gasteiger partial charge in [0.1, 0.15) is 0 Å². The maximum atomic E-state index is 8.74. The summed E-state index contributed by atoms with van der Waals surface area (Å²) in [7, 11) is 1.74. The molecule has 0 fully saturated rings. The largest absolute Gasteiger partial charge is 0.396 e. The monoisotopic (exact) mass is 346 g/mol. The molecule has 0 aromatic heterocycles. The van der Waals surface area contributed by atoms with Crippen LogP contribution in [0.5, 0.6) is 0 Å². The van der Waals surface area contributed by atoms with Gasteiger partial charge in [0.2, 0.25) is 0 Å². The Morgan fingerprint density at radius 1 is 1.35 bits per heavy atom. The van der Waals surface area contributed by atoms with Crippen LogP contribution in [0.2, 0.25) is 0 Å². The number of rotatable bonds is 6. The van der Waals surface area contributed by atoms with Crippen LogP contribution in [-0.4, -0.2) is 18.8 Å². The molecule has 0 spiro atoms. The first-order chi connectivity index (χ1) is 8.19. The first-order valence-corrected chi connectivity index (χ1v) is 6.82. The lowest BCUT2D eigenvalue weighted by Crippen LogP contribution is -2.10. The van der Waals surface area contributed by atoms with Crippen molar-refractivity contribution in [2.45, 2.75) is 19.4 Å². The Balaban J connectivity index is 2.73. The van der Waals surface area contributed by atoms with E-state index in [1.54, 1.807) is 7.11 Å². The number of hydrogen-bond acceptors (Lipinski definition) is 2. The van der Waals surface area contributed by atoms with Crippen LogP contribution < -0.4 is 0 Å². The molecule has 0 aliphatic heterocycles. The SMILES string of the molecule is CO[C@@H](c1ccc(I)cc1)[C@@H](C)/C=C/CCO.